The highest BCUT2D eigenvalue weighted by atomic mass is 16.5. The summed E-state index contributed by atoms with van der Waals surface area (Å²) >= 11 is 0. The minimum absolute atomic E-state index is 0.377. The average molecular weight is 279 g/mol. The maximum Gasteiger partial charge on any atom is 0.123 e. The summed E-state index contributed by atoms with van der Waals surface area (Å²) in [5.41, 5.74) is 8.71. The van der Waals surface area contributed by atoms with Crippen LogP contribution in [0.25, 0.3) is 0 Å². The van der Waals surface area contributed by atoms with E-state index < -0.39 is 0 Å². The summed E-state index contributed by atoms with van der Waals surface area (Å²) in [5, 5.41) is 0. The van der Waals surface area contributed by atoms with E-state index in [2.05, 4.69) is 31.8 Å². The van der Waals surface area contributed by atoms with Crippen LogP contribution in [0.2, 0.25) is 0 Å². The molecule has 0 bridgehead atoms. The highest BCUT2D eigenvalue weighted by molar-refractivity contribution is 5.38. The molecule has 0 atom stereocenters. The molecule has 0 saturated heterocycles. The fourth-order valence-corrected chi connectivity index (χ4v) is 2.14. The average Bonchev–Trinajstić information content (AvgIpc) is 2.51. The highest BCUT2D eigenvalue weighted by Crippen LogP contribution is 2.26. The van der Waals surface area contributed by atoms with E-state index in [0.29, 0.717) is 19.1 Å². The standard InChI is InChI=1S/C19H21NO/c1-15(2)18-10-3-4-11-19(18)21-14-17-8-5-7-16(13-17)9-6-12-20/h3-5,7-8,10-11,13,15H,12,14,20H2,1-2H3. The second-order valence-electron chi connectivity index (χ2n) is 5.19. The van der Waals surface area contributed by atoms with E-state index in [0.717, 1.165) is 16.9 Å². The number of hydrogen-bond donors (Lipinski definition) is 1. The molecule has 0 aliphatic carbocycles. The van der Waals surface area contributed by atoms with E-state index in [4.69, 9.17) is 10.5 Å². The third-order valence-electron chi connectivity index (χ3n) is 3.20. The van der Waals surface area contributed by atoms with Crippen LogP contribution in [0.5, 0.6) is 5.75 Å². The van der Waals surface area contributed by atoms with Gasteiger partial charge in [-0.2, -0.15) is 0 Å². The van der Waals surface area contributed by atoms with Crippen molar-refractivity contribution in [2.75, 3.05) is 6.54 Å². The lowest BCUT2D eigenvalue weighted by Gasteiger charge is -2.14. The SMILES string of the molecule is CC(C)c1ccccc1OCc1cccc(C#CCN)c1. The molecule has 0 heterocycles. The molecule has 0 aliphatic rings. The number of ether oxygens (including phenoxy) is 1. The van der Waals surface area contributed by atoms with E-state index in [-0.39, 0.29) is 0 Å². The molecule has 0 saturated carbocycles. The van der Waals surface area contributed by atoms with Crippen molar-refractivity contribution >= 4 is 0 Å². The molecule has 0 unspecified atom stereocenters. The summed E-state index contributed by atoms with van der Waals surface area (Å²) < 4.78 is 5.97. The first-order valence-electron chi connectivity index (χ1n) is 7.20. The molecule has 2 aromatic carbocycles. The van der Waals surface area contributed by atoms with E-state index in [1.165, 1.54) is 5.56 Å². The molecule has 2 N–H and O–H groups in total. The summed E-state index contributed by atoms with van der Waals surface area (Å²) in [6.07, 6.45) is 0. The van der Waals surface area contributed by atoms with Gasteiger partial charge in [-0.25, -0.2) is 0 Å². The molecule has 2 heteroatoms. The third kappa shape index (κ3) is 4.37. The Morgan fingerprint density at radius 1 is 1.10 bits per heavy atom. The van der Waals surface area contributed by atoms with Gasteiger partial charge in [0.25, 0.3) is 0 Å². The van der Waals surface area contributed by atoms with Gasteiger partial charge < -0.3 is 10.5 Å². The Kier molecular flexibility index (Phi) is 5.43. The normalized spacial score (nSPS) is 10.1. The lowest BCUT2D eigenvalue weighted by molar-refractivity contribution is 0.302. The first kappa shape index (κ1) is 15.2. The van der Waals surface area contributed by atoms with E-state index >= 15 is 0 Å². The smallest absolute Gasteiger partial charge is 0.123 e. The van der Waals surface area contributed by atoms with Crippen molar-refractivity contribution in [3.8, 4) is 17.6 Å². The number of rotatable bonds is 4. The molecule has 0 amide bonds. The third-order valence-corrected chi connectivity index (χ3v) is 3.20. The van der Waals surface area contributed by atoms with Gasteiger partial charge in [0.05, 0.1) is 6.54 Å². The lowest BCUT2D eigenvalue weighted by Crippen LogP contribution is -2.00. The van der Waals surface area contributed by atoms with Gasteiger partial charge in [-0.15, -0.1) is 0 Å². The van der Waals surface area contributed by atoms with Gasteiger partial charge in [0.2, 0.25) is 0 Å². The topological polar surface area (TPSA) is 35.2 Å². The zero-order valence-electron chi connectivity index (χ0n) is 12.6. The predicted octanol–water partition coefficient (Wildman–Crippen LogP) is 3.70. The molecule has 2 rings (SSSR count). The second kappa shape index (κ2) is 7.52. The fraction of sp³-hybridized carbons (Fsp3) is 0.263. The maximum atomic E-state index is 5.97. The van der Waals surface area contributed by atoms with Crippen molar-refractivity contribution in [1.29, 1.82) is 0 Å². The van der Waals surface area contributed by atoms with Crippen molar-refractivity contribution in [2.45, 2.75) is 26.4 Å². The Hall–Kier alpha value is -2.24. The largest absolute Gasteiger partial charge is 0.489 e. The van der Waals surface area contributed by atoms with Crippen LogP contribution >= 0.6 is 0 Å². The summed E-state index contributed by atoms with van der Waals surface area (Å²) in [6.45, 7) is 5.26. The lowest BCUT2D eigenvalue weighted by atomic mass is 10.0. The van der Waals surface area contributed by atoms with Crippen LogP contribution in [-0.2, 0) is 6.61 Å². The Labute approximate surface area is 126 Å². The van der Waals surface area contributed by atoms with E-state index in [1.807, 2.05) is 42.5 Å². The maximum absolute atomic E-state index is 5.97. The van der Waals surface area contributed by atoms with Crippen LogP contribution in [0.3, 0.4) is 0 Å². The Morgan fingerprint density at radius 2 is 1.90 bits per heavy atom. The van der Waals surface area contributed by atoms with Gasteiger partial charge in [-0.3, -0.25) is 0 Å². The molecular formula is C19H21NO. The molecule has 2 nitrogen and oxygen atoms in total. The van der Waals surface area contributed by atoms with Gasteiger partial charge in [0.1, 0.15) is 12.4 Å². The number of benzene rings is 2. The Morgan fingerprint density at radius 3 is 2.67 bits per heavy atom. The number of hydrogen-bond acceptors (Lipinski definition) is 2. The number of nitrogens with two attached hydrogens (primary N) is 1. The molecule has 2 aromatic rings. The molecule has 0 aromatic heterocycles. The highest BCUT2D eigenvalue weighted by Gasteiger charge is 2.06. The van der Waals surface area contributed by atoms with Crippen LogP contribution in [0.4, 0.5) is 0 Å². The van der Waals surface area contributed by atoms with Crippen molar-refractivity contribution < 1.29 is 4.74 Å². The number of para-hydroxylation sites is 1. The van der Waals surface area contributed by atoms with Crippen molar-refractivity contribution in [1.82, 2.24) is 0 Å². The van der Waals surface area contributed by atoms with Gasteiger partial charge in [-0.1, -0.05) is 56.0 Å². The molecule has 0 aliphatic heterocycles. The Balaban J connectivity index is 2.10. The van der Waals surface area contributed by atoms with Crippen molar-refractivity contribution in [3.05, 3.63) is 65.2 Å². The molecule has 21 heavy (non-hydrogen) atoms. The molecule has 0 fully saturated rings. The summed E-state index contributed by atoms with van der Waals surface area (Å²) in [4.78, 5) is 0. The summed E-state index contributed by atoms with van der Waals surface area (Å²) in [7, 11) is 0. The summed E-state index contributed by atoms with van der Waals surface area (Å²) in [6, 6.07) is 16.3. The zero-order valence-corrected chi connectivity index (χ0v) is 12.6. The molecular weight excluding hydrogens is 258 g/mol. The van der Waals surface area contributed by atoms with Crippen LogP contribution in [0.1, 0.15) is 36.5 Å². The van der Waals surface area contributed by atoms with Crippen LogP contribution in [-0.4, -0.2) is 6.54 Å². The first-order valence-corrected chi connectivity index (χ1v) is 7.20. The van der Waals surface area contributed by atoms with Crippen molar-refractivity contribution in [3.63, 3.8) is 0 Å². The van der Waals surface area contributed by atoms with Gasteiger partial charge in [0.15, 0.2) is 0 Å². The monoisotopic (exact) mass is 279 g/mol. The van der Waals surface area contributed by atoms with Crippen LogP contribution < -0.4 is 10.5 Å². The minimum atomic E-state index is 0.377. The zero-order chi connectivity index (χ0) is 15.1. The summed E-state index contributed by atoms with van der Waals surface area (Å²) in [5.74, 6) is 7.31. The van der Waals surface area contributed by atoms with Gasteiger partial charge in [0, 0.05) is 5.56 Å². The molecule has 108 valence electrons. The van der Waals surface area contributed by atoms with Crippen LogP contribution in [0.15, 0.2) is 48.5 Å². The minimum Gasteiger partial charge on any atom is -0.489 e. The van der Waals surface area contributed by atoms with Crippen LogP contribution in [0, 0.1) is 11.8 Å². The van der Waals surface area contributed by atoms with Gasteiger partial charge in [-0.05, 0) is 35.2 Å². The quantitative estimate of drug-likeness (QED) is 0.866. The molecule has 0 spiro atoms. The molecule has 0 radical (unpaired) electrons. The van der Waals surface area contributed by atoms with Gasteiger partial charge >= 0.3 is 0 Å². The first-order chi connectivity index (χ1) is 10.2. The van der Waals surface area contributed by atoms with E-state index in [9.17, 15) is 0 Å². The second-order valence-corrected chi connectivity index (χ2v) is 5.19. The van der Waals surface area contributed by atoms with E-state index in [1.54, 1.807) is 0 Å². The fourth-order valence-electron chi connectivity index (χ4n) is 2.14. The Bertz CT molecular complexity index is 650. The predicted molar refractivity (Wildman–Crippen MR) is 87.2 cm³/mol. The van der Waals surface area contributed by atoms with Crippen molar-refractivity contribution in [2.24, 2.45) is 5.73 Å².